The van der Waals surface area contributed by atoms with E-state index in [0.29, 0.717) is 12.1 Å². The van der Waals surface area contributed by atoms with Crippen LogP contribution in [-0.4, -0.2) is 41.7 Å². The molecular weight excluding hydrogens is 228 g/mol. The topological polar surface area (TPSA) is 52.6 Å². The molecule has 0 unspecified atom stereocenters. The summed E-state index contributed by atoms with van der Waals surface area (Å²) in [6.45, 7) is 5.24. The molecule has 2 rings (SSSR count). The van der Waals surface area contributed by atoms with Crippen LogP contribution in [0.2, 0.25) is 0 Å². The first kappa shape index (κ1) is 12.9. The summed E-state index contributed by atoms with van der Waals surface area (Å²) in [6.07, 6.45) is 0.970. The first-order valence-corrected chi connectivity index (χ1v) is 6.42. The average Bonchev–Trinajstić information content (AvgIpc) is 2.81. The molecule has 1 heterocycles. The van der Waals surface area contributed by atoms with Gasteiger partial charge in [-0.1, -0.05) is 0 Å². The van der Waals surface area contributed by atoms with Crippen molar-refractivity contribution >= 4 is 11.6 Å². The van der Waals surface area contributed by atoms with E-state index in [9.17, 15) is 4.79 Å². The van der Waals surface area contributed by atoms with Crippen molar-refractivity contribution in [1.29, 1.82) is 0 Å². The molecule has 0 atom stereocenters. The van der Waals surface area contributed by atoms with Gasteiger partial charge in [-0.15, -0.1) is 0 Å². The van der Waals surface area contributed by atoms with Gasteiger partial charge < -0.3 is 15.3 Å². The molecule has 1 amide bonds. The van der Waals surface area contributed by atoms with Gasteiger partial charge in [0.25, 0.3) is 5.91 Å². The third kappa shape index (κ3) is 2.48. The van der Waals surface area contributed by atoms with Gasteiger partial charge in [0, 0.05) is 30.4 Å². The number of benzene rings is 1. The van der Waals surface area contributed by atoms with Gasteiger partial charge in [0.15, 0.2) is 0 Å². The Bertz CT molecular complexity index is 443. The molecule has 4 nitrogen and oxygen atoms in total. The molecule has 1 aliphatic heterocycles. The SMILES string of the molecule is CC(C)N(CCO)C(=O)c1ccc2c(c1)CCN2. The minimum atomic E-state index is -0.00579. The van der Waals surface area contributed by atoms with Crippen molar-refractivity contribution < 1.29 is 9.90 Å². The van der Waals surface area contributed by atoms with Crippen LogP contribution in [-0.2, 0) is 6.42 Å². The van der Waals surface area contributed by atoms with E-state index in [2.05, 4.69) is 5.32 Å². The van der Waals surface area contributed by atoms with Crippen LogP contribution in [0.25, 0.3) is 0 Å². The molecule has 0 fully saturated rings. The van der Waals surface area contributed by atoms with Crippen LogP contribution in [0, 0.1) is 0 Å². The fourth-order valence-corrected chi connectivity index (χ4v) is 2.31. The van der Waals surface area contributed by atoms with Crippen LogP contribution in [0.5, 0.6) is 0 Å². The second kappa shape index (κ2) is 5.40. The van der Waals surface area contributed by atoms with Gasteiger partial charge >= 0.3 is 0 Å². The maximum atomic E-state index is 12.4. The second-order valence-corrected chi connectivity index (χ2v) is 4.86. The van der Waals surface area contributed by atoms with Crippen LogP contribution in [0.3, 0.4) is 0 Å². The molecule has 4 heteroatoms. The smallest absolute Gasteiger partial charge is 0.254 e. The van der Waals surface area contributed by atoms with Crippen molar-refractivity contribution in [3.05, 3.63) is 29.3 Å². The number of carbonyl (C=O) groups is 1. The molecule has 1 aromatic rings. The molecular formula is C14H20N2O2. The Kier molecular flexibility index (Phi) is 3.87. The summed E-state index contributed by atoms with van der Waals surface area (Å²) in [5, 5.41) is 12.3. The highest BCUT2D eigenvalue weighted by atomic mass is 16.3. The Labute approximate surface area is 108 Å². The van der Waals surface area contributed by atoms with Crippen molar-refractivity contribution in [2.75, 3.05) is 25.0 Å². The quantitative estimate of drug-likeness (QED) is 0.849. The second-order valence-electron chi connectivity index (χ2n) is 4.86. The number of nitrogens with zero attached hydrogens (tertiary/aromatic N) is 1. The minimum absolute atomic E-state index is 0.00356. The Morgan fingerprint density at radius 3 is 2.94 bits per heavy atom. The van der Waals surface area contributed by atoms with E-state index in [-0.39, 0.29) is 18.6 Å². The fourth-order valence-electron chi connectivity index (χ4n) is 2.31. The predicted molar refractivity (Wildman–Crippen MR) is 71.9 cm³/mol. The van der Waals surface area contributed by atoms with E-state index in [0.717, 1.165) is 18.7 Å². The summed E-state index contributed by atoms with van der Waals surface area (Å²) in [5.74, 6) is -0.00579. The predicted octanol–water partition coefficient (Wildman–Crippen LogP) is 1.50. The Hall–Kier alpha value is -1.55. The molecule has 0 aliphatic carbocycles. The lowest BCUT2D eigenvalue weighted by atomic mass is 10.1. The number of aliphatic hydroxyl groups is 1. The molecule has 0 spiro atoms. The standard InChI is InChI=1S/C14H20N2O2/c1-10(2)16(7-8-17)14(18)12-3-4-13-11(9-12)5-6-15-13/h3-4,9-10,15,17H,5-8H2,1-2H3. The number of fused-ring (bicyclic) bond motifs is 1. The van der Waals surface area contributed by atoms with Gasteiger partial charge in [0.05, 0.1) is 6.61 Å². The summed E-state index contributed by atoms with van der Waals surface area (Å²) < 4.78 is 0. The number of rotatable bonds is 4. The molecule has 98 valence electrons. The van der Waals surface area contributed by atoms with Crippen LogP contribution in [0.15, 0.2) is 18.2 Å². The third-order valence-electron chi connectivity index (χ3n) is 3.29. The summed E-state index contributed by atoms with van der Waals surface area (Å²) in [7, 11) is 0. The zero-order valence-corrected chi connectivity index (χ0v) is 10.9. The van der Waals surface area contributed by atoms with Gasteiger partial charge in [-0.2, -0.15) is 0 Å². The molecule has 1 aliphatic rings. The largest absolute Gasteiger partial charge is 0.395 e. The summed E-state index contributed by atoms with van der Waals surface area (Å²) >= 11 is 0. The number of anilines is 1. The van der Waals surface area contributed by atoms with Gasteiger partial charge in [-0.25, -0.2) is 0 Å². The number of carbonyl (C=O) groups excluding carboxylic acids is 1. The molecule has 0 radical (unpaired) electrons. The van der Waals surface area contributed by atoms with E-state index in [1.807, 2.05) is 32.0 Å². The first-order valence-electron chi connectivity index (χ1n) is 6.42. The van der Waals surface area contributed by atoms with E-state index in [1.54, 1.807) is 4.90 Å². The highest BCUT2D eigenvalue weighted by Gasteiger charge is 2.20. The van der Waals surface area contributed by atoms with E-state index in [4.69, 9.17) is 5.11 Å². The van der Waals surface area contributed by atoms with Crippen LogP contribution in [0.4, 0.5) is 5.69 Å². The first-order chi connectivity index (χ1) is 8.63. The Morgan fingerprint density at radius 1 is 1.50 bits per heavy atom. The lowest BCUT2D eigenvalue weighted by Crippen LogP contribution is -2.39. The highest BCUT2D eigenvalue weighted by molar-refractivity contribution is 5.95. The van der Waals surface area contributed by atoms with Crippen LogP contribution < -0.4 is 5.32 Å². The van der Waals surface area contributed by atoms with E-state index < -0.39 is 0 Å². The zero-order valence-electron chi connectivity index (χ0n) is 10.9. The Balaban J connectivity index is 2.22. The number of hydrogen-bond acceptors (Lipinski definition) is 3. The highest BCUT2D eigenvalue weighted by Crippen LogP contribution is 2.23. The summed E-state index contributed by atoms with van der Waals surface area (Å²) in [4.78, 5) is 14.1. The third-order valence-corrected chi connectivity index (χ3v) is 3.29. The maximum Gasteiger partial charge on any atom is 0.254 e. The summed E-state index contributed by atoms with van der Waals surface area (Å²) in [6, 6.07) is 5.87. The normalized spacial score (nSPS) is 13.3. The molecule has 2 N–H and O–H groups in total. The maximum absolute atomic E-state index is 12.4. The number of aliphatic hydroxyl groups excluding tert-OH is 1. The summed E-state index contributed by atoms with van der Waals surface area (Å²) in [5.41, 5.74) is 3.04. The average molecular weight is 248 g/mol. The van der Waals surface area contributed by atoms with Crippen molar-refractivity contribution in [3.8, 4) is 0 Å². The van der Waals surface area contributed by atoms with Crippen molar-refractivity contribution in [2.24, 2.45) is 0 Å². The molecule has 0 bridgehead atoms. The molecule has 0 aromatic heterocycles. The lowest BCUT2D eigenvalue weighted by Gasteiger charge is -2.26. The molecule has 0 saturated carbocycles. The van der Waals surface area contributed by atoms with Crippen molar-refractivity contribution in [1.82, 2.24) is 4.90 Å². The van der Waals surface area contributed by atoms with Gasteiger partial charge in [0.1, 0.15) is 0 Å². The number of nitrogens with one attached hydrogen (secondary N) is 1. The van der Waals surface area contributed by atoms with Gasteiger partial charge in [0.2, 0.25) is 0 Å². The van der Waals surface area contributed by atoms with Gasteiger partial charge in [-0.3, -0.25) is 4.79 Å². The van der Waals surface area contributed by atoms with Crippen LogP contribution in [0.1, 0.15) is 29.8 Å². The lowest BCUT2D eigenvalue weighted by molar-refractivity contribution is 0.0665. The van der Waals surface area contributed by atoms with Gasteiger partial charge in [-0.05, 0) is 44.0 Å². The number of amides is 1. The monoisotopic (exact) mass is 248 g/mol. The molecule has 18 heavy (non-hydrogen) atoms. The van der Waals surface area contributed by atoms with Crippen molar-refractivity contribution in [3.63, 3.8) is 0 Å². The van der Waals surface area contributed by atoms with Crippen LogP contribution >= 0.6 is 0 Å². The molecule has 0 saturated heterocycles. The van der Waals surface area contributed by atoms with Crippen molar-refractivity contribution in [2.45, 2.75) is 26.3 Å². The van der Waals surface area contributed by atoms with E-state index in [1.165, 1.54) is 5.56 Å². The molecule has 1 aromatic carbocycles. The number of hydrogen-bond donors (Lipinski definition) is 2. The van der Waals surface area contributed by atoms with E-state index >= 15 is 0 Å². The minimum Gasteiger partial charge on any atom is -0.395 e. The fraction of sp³-hybridized carbons (Fsp3) is 0.500. The zero-order chi connectivity index (χ0) is 13.1. The Morgan fingerprint density at radius 2 is 2.28 bits per heavy atom.